The van der Waals surface area contributed by atoms with Crippen LogP contribution in [0.5, 0.6) is 0 Å². The van der Waals surface area contributed by atoms with E-state index in [1.807, 2.05) is 50.3 Å². The molecule has 158 valence electrons. The number of urea groups is 1. The molecule has 0 spiro atoms. The fraction of sp³-hybridized carbons (Fsp3) is 0.125. The minimum Gasteiger partial charge on any atom is -0.457 e. The third-order valence-electron chi connectivity index (χ3n) is 4.26. The molecule has 31 heavy (non-hydrogen) atoms. The fourth-order valence-corrected chi connectivity index (χ4v) is 2.81. The maximum Gasteiger partial charge on any atom is 0.329 e. The molecule has 0 radical (unpaired) electrons. The van der Waals surface area contributed by atoms with E-state index in [0.717, 1.165) is 16.0 Å². The number of carbonyl (C=O) groups excluding carboxylic acids is 3. The van der Waals surface area contributed by atoms with E-state index in [2.05, 4.69) is 17.2 Å². The van der Waals surface area contributed by atoms with Crippen LogP contribution in [0.2, 0.25) is 0 Å². The summed E-state index contributed by atoms with van der Waals surface area (Å²) in [6, 6.07) is 12.3. The number of imide groups is 1. The Hall–Kier alpha value is -4.13. The Morgan fingerprint density at radius 1 is 1.16 bits per heavy atom. The zero-order chi connectivity index (χ0) is 22.4. The number of rotatable bonds is 7. The molecule has 0 aliphatic carbocycles. The lowest BCUT2D eigenvalue weighted by Gasteiger charge is -2.11. The maximum absolute atomic E-state index is 12.6. The van der Waals surface area contributed by atoms with Crippen LogP contribution < -0.4 is 10.6 Å². The highest BCUT2D eigenvalue weighted by molar-refractivity contribution is 6.15. The summed E-state index contributed by atoms with van der Waals surface area (Å²) < 4.78 is 5.74. The number of allylic oxidation sites excluding steroid dienone is 4. The molecule has 2 N–H and O–H groups in total. The number of nitrogens with one attached hydrogen (secondary N) is 2. The van der Waals surface area contributed by atoms with Gasteiger partial charge in [-0.15, -0.1) is 0 Å². The number of nitrogens with zero attached hydrogens (tertiary/aromatic N) is 1. The molecule has 7 nitrogen and oxygen atoms in total. The summed E-state index contributed by atoms with van der Waals surface area (Å²) in [5.41, 5.74) is 2.39. The van der Waals surface area contributed by atoms with E-state index in [4.69, 9.17) is 4.42 Å². The second kappa shape index (κ2) is 9.58. The maximum atomic E-state index is 12.6. The molecule has 3 rings (SSSR count). The Morgan fingerprint density at radius 2 is 1.90 bits per heavy atom. The molecule has 4 amide bonds. The lowest BCUT2D eigenvalue weighted by Crippen LogP contribution is -2.40. The van der Waals surface area contributed by atoms with E-state index in [-0.39, 0.29) is 5.70 Å². The van der Waals surface area contributed by atoms with Crippen molar-refractivity contribution in [3.63, 3.8) is 0 Å². The third-order valence-corrected chi connectivity index (χ3v) is 4.26. The predicted molar refractivity (Wildman–Crippen MR) is 118 cm³/mol. The van der Waals surface area contributed by atoms with Crippen molar-refractivity contribution in [2.75, 3.05) is 6.54 Å². The molecule has 0 saturated carbocycles. The van der Waals surface area contributed by atoms with Crippen LogP contribution in [0.25, 0.3) is 17.4 Å². The van der Waals surface area contributed by atoms with Gasteiger partial charge in [-0.2, -0.15) is 0 Å². The number of furan rings is 1. The van der Waals surface area contributed by atoms with Crippen LogP contribution in [0.1, 0.15) is 19.6 Å². The molecule has 2 heterocycles. The number of carbonyl (C=O) groups is 3. The summed E-state index contributed by atoms with van der Waals surface area (Å²) in [6.45, 7) is 7.19. The van der Waals surface area contributed by atoms with Gasteiger partial charge in [-0.1, -0.05) is 54.6 Å². The number of amides is 4. The van der Waals surface area contributed by atoms with Crippen LogP contribution in [0.4, 0.5) is 4.79 Å². The summed E-state index contributed by atoms with van der Waals surface area (Å²) in [5, 5.41) is 5.02. The predicted octanol–water partition coefficient (Wildman–Crippen LogP) is 3.99. The number of hydrogen-bond acceptors (Lipinski definition) is 4. The summed E-state index contributed by atoms with van der Waals surface area (Å²) in [5.74, 6) is -0.0869. The number of benzene rings is 1. The molecule has 1 aliphatic heterocycles. The van der Waals surface area contributed by atoms with Crippen LogP contribution >= 0.6 is 0 Å². The molecule has 7 heteroatoms. The smallest absolute Gasteiger partial charge is 0.329 e. The lowest BCUT2D eigenvalue weighted by molar-refractivity contribution is -0.129. The molecule has 1 aliphatic rings. The molecular formula is C24H23N3O4. The molecule has 0 unspecified atom stereocenters. The van der Waals surface area contributed by atoms with E-state index in [1.54, 1.807) is 24.3 Å². The number of hydrogen-bond donors (Lipinski definition) is 2. The summed E-state index contributed by atoms with van der Waals surface area (Å²) >= 11 is 0. The molecule has 1 fully saturated rings. The van der Waals surface area contributed by atoms with Crippen LogP contribution in [0.3, 0.4) is 0 Å². The molecule has 1 saturated heterocycles. The van der Waals surface area contributed by atoms with Crippen LogP contribution in [0.15, 0.2) is 88.7 Å². The first kappa shape index (κ1) is 21.6. The quantitative estimate of drug-likeness (QED) is 0.405. The average molecular weight is 417 g/mol. The third kappa shape index (κ3) is 5.70. The Kier molecular flexibility index (Phi) is 6.67. The van der Waals surface area contributed by atoms with Crippen molar-refractivity contribution in [2.24, 2.45) is 0 Å². The monoisotopic (exact) mass is 417 g/mol. The van der Waals surface area contributed by atoms with Crippen molar-refractivity contribution in [1.82, 2.24) is 15.5 Å². The van der Waals surface area contributed by atoms with Gasteiger partial charge in [-0.3, -0.25) is 9.59 Å². The zero-order valence-corrected chi connectivity index (χ0v) is 17.3. The van der Waals surface area contributed by atoms with Crippen LogP contribution in [-0.4, -0.2) is 29.3 Å². The SMILES string of the molecule is C=C(C=CC=C(C)C)NC(=O)CN1C(=O)NC(=Cc2ccc(-c3ccccc3)o2)C1=O. The molecule has 0 bridgehead atoms. The average Bonchev–Trinajstić information content (AvgIpc) is 3.29. The van der Waals surface area contributed by atoms with Crippen molar-refractivity contribution in [3.05, 3.63) is 90.0 Å². The van der Waals surface area contributed by atoms with Gasteiger partial charge in [0.05, 0.1) is 0 Å². The van der Waals surface area contributed by atoms with Crippen LogP contribution in [-0.2, 0) is 9.59 Å². The van der Waals surface area contributed by atoms with E-state index >= 15 is 0 Å². The van der Waals surface area contributed by atoms with Gasteiger partial charge in [0.25, 0.3) is 5.91 Å². The second-order valence-corrected chi connectivity index (χ2v) is 7.12. The van der Waals surface area contributed by atoms with E-state index in [0.29, 0.717) is 17.2 Å². The minimum atomic E-state index is -0.674. The summed E-state index contributed by atoms with van der Waals surface area (Å²) in [4.78, 5) is 37.8. The first-order valence-electron chi connectivity index (χ1n) is 9.63. The Labute approximate surface area is 180 Å². The summed E-state index contributed by atoms with van der Waals surface area (Å²) in [7, 11) is 0. The van der Waals surface area contributed by atoms with E-state index < -0.39 is 24.4 Å². The van der Waals surface area contributed by atoms with Crippen molar-refractivity contribution in [3.8, 4) is 11.3 Å². The first-order chi connectivity index (χ1) is 14.8. The topological polar surface area (TPSA) is 91.7 Å². The van der Waals surface area contributed by atoms with Crippen LogP contribution in [0, 0.1) is 0 Å². The fourth-order valence-electron chi connectivity index (χ4n) is 2.81. The van der Waals surface area contributed by atoms with E-state index in [9.17, 15) is 14.4 Å². The van der Waals surface area contributed by atoms with Gasteiger partial charge in [0.1, 0.15) is 23.8 Å². The molecule has 0 atom stereocenters. The first-order valence-corrected chi connectivity index (χ1v) is 9.63. The largest absolute Gasteiger partial charge is 0.457 e. The normalized spacial score (nSPS) is 14.8. The second-order valence-electron chi connectivity index (χ2n) is 7.12. The van der Waals surface area contributed by atoms with Crippen molar-refractivity contribution in [1.29, 1.82) is 0 Å². The standard InChI is InChI=1S/C24H23N3O4/c1-16(2)8-7-9-17(3)25-22(28)15-27-23(29)20(26-24(27)30)14-19-12-13-21(31-19)18-10-5-4-6-11-18/h4-14H,3,15H2,1-2H3,(H,25,28)(H,26,30). The van der Waals surface area contributed by atoms with Gasteiger partial charge >= 0.3 is 6.03 Å². The van der Waals surface area contributed by atoms with Gasteiger partial charge in [0.15, 0.2) is 0 Å². The van der Waals surface area contributed by atoms with Crippen molar-refractivity contribution in [2.45, 2.75) is 13.8 Å². The highest BCUT2D eigenvalue weighted by atomic mass is 16.3. The minimum absolute atomic E-state index is 0.0362. The van der Waals surface area contributed by atoms with Gasteiger partial charge in [-0.25, -0.2) is 9.69 Å². The van der Waals surface area contributed by atoms with Crippen molar-refractivity contribution >= 4 is 23.9 Å². The van der Waals surface area contributed by atoms with Gasteiger partial charge in [0.2, 0.25) is 5.91 Å². The highest BCUT2D eigenvalue weighted by Gasteiger charge is 2.35. The summed E-state index contributed by atoms with van der Waals surface area (Å²) in [6.07, 6.45) is 6.68. The van der Waals surface area contributed by atoms with Gasteiger partial charge in [-0.05, 0) is 32.1 Å². The Bertz CT molecular complexity index is 1100. The Balaban J connectivity index is 1.64. The van der Waals surface area contributed by atoms with Gasteiger partial charge in [0, 0.05) is 17.3 Å². The van der Waals surface area contributed by atoms with E-state index in [1.165, 1.54) is 6.08 Å². The molecule has 1 aromatic heterocycles. The molecule has 1 aromatic carbocycles. The zero-order valence-electron chi connectivity index (χ0n) is 17.3. The molecular weight excluding hydrogens is 394 g/mol. The Morgan fingerprint density at radius 3 is 2.61 bits per heavy atom. The van der Waals surface area contributed by atoms with Crippen molar-refractivity contribution < 1.29 is 18.8 Å². The van der Waals surface area contributed by atoms with Gasteiger partial charge < -0.3 is 15.1 Å². The lowest BCUT2D eigenvalue weighted by atomic mass is 10.2. The highest BCUT2D eigenvalue weighted by Crippen LogP contribution is 2.23. The molecule has 2 aromatic rings.